The SMILES string of the molecule is COC(=O)c1sc(Cl)nc1-c1ncc(C)nc1C. The molecular weight excluding hydrogens is 274 g/mol. The first-order valence-electron chi connectivity index (χ1n) is 5.08. The van der Waals surface area contributed by atoms with Crippen molar-refractivity contribution in [3.63, 3.8) is 0 Å². The predicted molar refractivity (Wildman–Crippen MR) is 69.0 cm³/mol. The van der Waals surface area contributed by atoms with Crippen molar-refractivity contribution < 1.29 is 9.53 Å². The number of hydrogen-bond acceptors (Lipinski definition) is 6. The maximum Gasteiger partial charge on any atom is 0.350 e. The van der Waals surface area contributed by atoms with Crippen LogP contribution in [0.5, 0.6) is 0 Å². The molecule has 0 radical (unpaired) electrons. The summed E-state index contributed by atoms with van der Waals surface area (Å²) in [5.41, 5.74) is 2.46. The van der Waals surface area contributed by atoms with Gasteiger partial charge in [0.2, 0.25) is 0 Å². The first kappa shape index (κ1) is 12.9. The molecule has 2 heterocycles. The third-order valence-electron chi connectivity index (χ3n) is 2.26. The van der Waals surface area contributed by atoms with Gasteiger partial charge in [-0.25, -0.2) is 9.78 Å². The van der Waals surface area contributed by atoms with Gasteiger partial charge in [-0.15, -0.1) is 0 Å². The van der Waals surface area contributed by atoms with E-state index in [0.29, 0.717) is 22.0 Å². The highest BCUT2D eigenvalue weighted by Crippen LogP contribution is 2.31. The van der Waals surface area contributed by atoms with Crippen molar-refractivity contribution in [1.29, 1.82) is 0 Å². The summed E-state index contributed by atoms with van der Waals surface area (Å²) in [5.74, 6) is -0.476. The van der Waals surface area contributed by atoms with Crippen molar-refractivity contribution in [1.82, 2.24) is 15.0 Å². The standard InChI is InChI=1S/C11H10ClN3O2S/c1-5-4-13-7(6(2)14-5)8-9(10(16)17-3)18-11(12)15-8/h4H,1-3H3. The van der Waals surface area contributed by atoms with E-state index in [9.17, 15) is 4.79 Å². The summed E-state index contributed by atoms with van der Waals surface area (Å²) in [7, 11) is 1.31. The predicted octanol–water partition coefficient (Wildman–Crippen LogP) is 2.66. The molecule has 0 aliphatic heterocycles. The van der Waals surface area contributed by atoms with Crippen molar-refractivity contribution in [2.24, 2.45) is 0 Å². The molecule has 7 heteroatoms. The fraction of sp³-hybridized carbons (Fsp3) is 0.273. The van der Waals surface area contributed by atoms with Gasteiger partial charge in [0, 0.05) is 6.20 Å². The second kappa shape index (κ2) is 4.99. The quantitative estimate of drug-likeness (QED) is 0.793. The molecule has 2 aromatic rings. The molecule has 0 bridgehead atoms. The molecule has 0 atom stereocenters. The summed E-state index contributed by atoms with van der Waals surface area (Å²) >= 11 is 6.92. The number of nitrogens with zero attached hydrogens (tertiary/aromatic N) is 3. The number of carbonyl (C=O) groups is 1. The van der Waals surface area contributed by atoms with Crippen LogP contribution in [0.2, 0.25) is 4.47 Å². The van der Waals surface area contributed by atoms with Crippen LogP contribution in [-0.4, -0.2) is 28.0 Å². The Bertz CT molecular complexity index is 612. The number of aryl methyl sites for hydroxylation is 2. The normalized spacial score (nSPS) is 10.4. The van der Waals surface area contributed by atoms with Crippen molar-refractivity contribution in [2.75, 3.05) is 7.11 Å². The van der Waals surface area contributed by atoms with Crippen LogP contribution < -0.4 is 0 Å². The van der Waals surface area contributed by atoms with E-state index >= 15 is 0 Å². The molecule has 0 saturated carbocycles. The molecule has 0 saturated heterocycles. The molecule has 18 heavy (non-hydrogen) atoms. The number of carbonyl (C=O) groups excluding carboxylic acids is 1. The average Bonchev–Trinajstić information content (AvgIpc) is 2.70. The molecule has 2 rings (SSSR count). The monoisotopic (exact) mass is 283 g/mol. The largest absolute Gasteiger partial charge is 0.465 e. The smallest absolute Gasteiger partial charge is 0.350 e. The number of thiazole rings is 1. The van der Waals surface area contributed by atoms with E-state index in [2.05, 4.69) is 15.0 Å². The Kier molecular flexibility index (Phi) is 3.58. The Morgan fingerprint density at radius 3 is 2.67 bits per heavy atom. The Morgan fingerprint density at radius 2 is 2.06 bits per heavy atom. The molecule has 0 spiro atoms. The van der Waals surface area contributed by atoms with Crippen molar-refractivity contribution in [3.8, 4) is 11.4 Å². The Labute approximate surface area is 113 Å². The summed E-state index contributed by atoms with van der Waals surface area (Å²) in [6.45, 7) is 3.66. The second-order valence-corrected chi connectivity index (χ2v) is 5.16. The van der Waals surface area contributed by atoms with Crippen LogP contribution in [-0.2, 0) is 4.74 Å². The minimum Gasteiger partial charge on any atom is -0.465 e. The number of ether oxygens (including phenoxy) is 1. The fourth-order valence-corrected chi connectivity index (χ4v) is 2.54. The lowest BCUT2D eigenvalue weighted by Gasteiger charge is -2.03. The Hall–Kier alpha value is -1.53. The van der Waals surface area contributed by atoms with E-state index < -0.39 is 5.97 Å². The molecule has 0 N–H and O–H groups in total. The van der Waals surface area contributed by atoms with Crippen molar-refractivity contribution in [3.05, 3.63) is 26.9 Å². The maximum absolute atomic E-state index is 11.6. The molecule has 0 unspecified atom stereocenters. The minimum absolute atomic E-state index is 0.271. The zero-order valence-electron chi connectivity index (χ0n) is 10.0. The van der Waals surface area contributed by atoms with Crippen LogP contribution in [0.3, 0.4) is 0 Å². The van der Waals surface area contributed by atoms with E-state index in [1.807, 2.05) is 13.8 Å². The van der Waals surface area contributed by atoms with Crippen molar-refractivity contribution >= 4 is 28.9 Å². The van der Waals surface area contributed by atoms with Crippen LogP contribution >= 0.6 is 22.9 Å². The highest BCUT2D eigenvalue weighted by Gasteiger charge is 2.22. The molecule has 0 aromatic carbocycles. The molecular formula is C11H10ClN3O2S. The van der Waals surface area contributed by atoms with Gasteiger partial charge >= 0.3 is 5.97 Å². The van der Waals surface area contributed by atoms with Gasteiger partial charge in [-0.05, 0) is 13.8 Å². The number of hydrogen-bond donors (Lipinski definition) is 0. The highest BCUT2D eigenvalue weighted by atomic mass is 35.5. The molecule has 0 aliphatic carbocycles. The topological polar surface area (TPSA) is 65.0 Å². The average molecular weight is 284 g/mol. The second-order valence-electron chi connectivity index (χ2n) is 3.58. The summed E-state index contributed by atoms with van der Waals surface area (Å²) in [4.78, 5) is 24.6. The van der Waals surface area contributed by atoms with E-state index in [0.717, 1.165) is 17.0 Å². The maximum atomic E-state index is 11.6. The van der Waals surface area contributed by atoms with Gasteiger partial charge in [0.25, 0.3) is 0 Å². The first-order chi connectivity index (χ1) is 8.52. The Balaban J connectivity index is 2.60. The van der Waals surface area contributed by atoms with E-state index in [4.69, 9.17) is 16.3 Å². The zero-order chi connectivity index (χ0) is 13.3. The van der Waals surface area contributed by atoms with E-state index in [1.54, 1.807) is 6.20 Å². The molecule has 2 aromatic heterocycles. The third-order valence-corrected chi connectivity index (χ3v) is 3.40. The van der Waals surface area contributed by atoms with Crippen LogP contribution in [0.15, 0.2) is 6.20 Å². The molecule has 0 amide bonds. The summed E-state index contributed by atoms with van der Waals surface area (Å²) in [6.07, 6.45) is 1.62. The fourth-order valence-electron chi connectivity index (χ4n) is 1.52. The Morgan fingerprint density at radius 1 is 1.33 bits per heavy atom. The van der Waals surface area contributed by atoms with Gasteiger partial charge < -0.3 is 4.74 Å². The number of methoxy groups -OCH3 is 1. The third kappa shape index (κ3) is 2.34. The lowest BCUT2D eigenvalue weighted by molar-refractivity contribution is 0.0607. The van der Waals surface area contributed by atoms with Gasteiger partial charge in [0.15, 0.2) is 4.47 Å². The number of aromatic nitrogens is 3. The van der Waals surface area contributed by atoms with Gasteiger partial charge in [0.05, 0.1) is 18.5 Å². The van der Waals surface area contributed by atoms with Crippen LogP contribution in [0.4, 0.5) is 0 Å². The van der Waals surface area contributed by atoms with Crippen molar-refractivity contribution in [2.45, 2.75) is 13.8 Å². The molecule has 0 aliphatic rings. The van der Waals surface area contributed by atoms with Gasteiger partial charge in [-0.3, -0.25) is 9.97 Å². The summed E-state index contributed by atoms with van der Waals surface area (Å²) < 4.78 is 4.97. The minimum atomic E-state index is -0.476. The van der Waals surface area contributed by atoms with E-state index in [1.165, 1.54) is 7.11 Å². The summed E-state index contributed by atoms with van der Waals surface area (Å²) in [5, 5.41) is 0. The number of rotatable bonds is 2. The molecule has 5 nitrogen and oxygen atoms in total. The molecule has 0 fully saturated rings. The van der Waals surface area contributed by atoms with Gasteiger partial charge in [-0.1, -0.05) is 22.9 Å². The highest BCUT2D eigenvalue weighted by molar-refractivity contribution is 7.17. The number of esters is 1. The van der Waals surface area contributed by atoms with Gasteiger partial charge in [0.1, 0.15) is 16.3 Å². The van der Waals surface area contributed by atoms with Gasteiger partial charge in [-0.2, -0.15) is 0 Å². The van der Waals surface area contributed by atoms with Crippen LogP contribution in [0, 0.1) is 13.8 Å². The van der Waals surface area contributed by atoms with Crippen LogP contribution in [0.1, 0.15) is 21.1 Å². The first-order valence-corrected chi connectivity index (χ1v) is 6.27. The summed E-state index contributed by atoms with van der Waals surface area (Å²) in [6, 6.07) is 0. The van der Waals surface area contributed by atoms with E-state index in [-0.39, 0.29) is 4.47 Å². The lowest BCUT2D eigenvalue weighted by Crippen LogP contribution is -2.03. The molecule has 94 valence electrons. The van der Waals surface area contributed by atoms with Crippen LogP contribution in [0.25, 0.3) is 11.4 Å². The zero-order valence-corrected chi connectivity index (χ0v) is 11.6. The lowest BCUT2D eigenvalue weighted by atomic mass is 10.2. The number of halogens is 1.